The summed E-state index contributed by atoms with van der Waals surface area (Å²) in [4.78, 5) is 4.64. The first-order valence-corrected chi connectivity index (χ1v) is 9.28. The van der Waals surface area contributed by atoms with Gasteiger partial charge in [-0.2, -0.15) is 5.10 Å². The van der Waals surface area contributed by atoms with Crippen molar-refractivity contribution in [3.05, 3.63) is 89.3 Å². The lowest BCUT2D eigenvalue weighted by atomic mass is 10.1. The van der Waals surface area contributed by atoms with Crippen LogP contribution in [0, 0.1) is 12.7 Å². The van der Waals surface area contributed by atoms with E-state index in [0.29, 0.717) is 5.02 Å². The smallest absolute Gasteiger partial charge is 0.123 e. The van der Waals surface area contributed by atoms with Gasteiger partial charge in [-0.3, -0.25) is 4.98 Å². The lowest BCUT2D eigenvalue weighted by Crippen LogP contribution is -1.97. The van der Waals surface area contributed by atoms with Crippen LogP contribution in [0.3, 0.4) is 0 Å². The van der Waals surface area contributed by atoms with Gasteiger partial charge in [-0.05, 0) is 55.5 Å². The van der Waals surface area contributed by atoms with Crippen LogP contribution in [0.4, 0.5) is 4.39 Å². The van der Waals surface area contributed by atoms with Crippen molar-refractivity contribution in [2.24, 2.45) is 0 Å². The zero-order valence-electron chi connectivity index (χ0n) is 15.0. The highest BCUT2D eigenvalue weighted by Gasteiger charge is 2.17. The fourth-order valence-electron chi connectivity index (χ4n) is 3.49. The van der Waals surface area contributed by atoms with Crippen LogP contribution < -0.4 is 0 Å². The molecule has 5 aromatic rings. The molecule has 0 saturated carbocycles. The highest BCUT2D eigenvalue weighted by atomic mass is 35.5. The average molecular weight is 388 g/mol. The van der Waals surface area contributed by atoms with Crippen molar-refractivity contribution >= 4 is 33.4 Å². The molecular weight excluding hydrogens is 373 g/mol. The normalized spacial score (nSPS) is 11.4. The maximum Gasteiger partial charge on any atom is 0.123 e. The monoisotopic (exact) mass is 387 g/mol. The maximum atomic E-state index is 13.5. The minimum atomic E-state index is -0.277. The van der Waals surface area contributed by atoms with Crippen molar-refractivity contribution < 1.29 is 4.39 Å². The van der Waals surface area contributed by atoms with Crippen molar-refractivity contribution in [3.8, 4) is 16.9 Å². The molecule has 3 aromatic carbocycles. The number of nitrogens with zero attached hydrogens (tertiary/aromatic N) is 3. The number of benzene rings is 3. The molecule has 5 rings (SSSR count). The minimum Gasteiger partial charge on any atom is -0.255 e. The van der Waals surface area contributed by atoms with Gasteiger partial charge in [-0.15, -0.1) is 0 Å². The van der Waals surface area contributed by atoms with Crippen LogP contribution in [-0.2, 0) is 0 Å². The third-order valence-electron chi connectivity index (χ3n) is 4.85. The van der Waals surface area contributed by atoms with E-state index in [1.807, 2.05) is 47.3 Å². The van der Waals surface area contributed by atoms with Crippen LogP contribution in [0.25, 0.3) is 38.8 Å². The van der Waals surface area contributed by atoms with Gasteiger partial charge in [0.05, 0.1) is 16.7 Å². The average Bonchev–Trinajstić information content (AvgIpc) is 3.09. The Morgan fingerprint density at radius 2 is 1.64 bits per heavy atom. The van der Waals surface area contributed by atoms with Crippen molar-refractivity contribution in [3.63, 3.8) is 0 Å². The van der Waals surface area contributed by atoms with Crippen molar-refractivity contribution in [1.82, 2.24) is 14.8 Å². The number of aryl methyl sites for hydroxylation is 1. The number of aromatic nitrogens is 3. The molecule has 2 heterocycles. The first kappa shape index (κ1) is 16.9. The third-order valence-corrected chi connectivity index (χ3v) is 5.10. The molecule has 0 unspecified atom stereocenters. The summed E-state index contributed by atoms with van der Waals surface area (Å²) in [6.45, 7) is 2.05. The van der Waals surface area contributed by atoms with Gasteiger partial charge in [0.2, 0.25) is 0 Å². The SMILES string of the molecule is Cc1ccc2ncc3c(-c4ccc(Cl)cc4)nn(-c4ccc(F)cc4)c3c2c1. The quantitative estimate of drug-likeness (QED) is 0.353. The first-order chi connectivity index (χ1) is 13.6. The molecule has 2 aromatic heterocycles. The van der Waals surface area contributed by atoms with Gasteiger partial charge >= 0.3 is 0 Å². The summed E-state index contributed by atoms with van der Waals surface area (Å²) in [5, 5.41) is 7.50. The van der Waals surface area contributed by atoms with Crippen LogP contribution in [0.15, 0.2) is 72.9 Å². The Hall–Kier alpha value is -3.24. The molecule has 0 aliphatic heterocycles. The van der Waals surface area contributed by atoms with E-state index in [1.165, 1.54) is 12.1 Å². The highest BCUT2D eigenvalue weighted by molar-refractivity contribution is 6.30. The maximum absolute atomic E-state index is 13.5. The van der Waals surface area contributed by atoms with E-state index in [2.05, 4.69) is 18.0 Å². The Morgan fingerprint density at radius 3 is 2.39 bits per heavy atom. The molecular formula is C23H15ClFN3. The van der Waals surface area contributed by atoms with Gasteiger partial charge < -0.3 is 0 Å². The van der Waals surface area contributed by atoms with Gasteiger partial charge in [0, 0.05) is 27.6 Å². The Morgan fingerprint density at radius 1 is 0.893 bits per heavy atom. The van der Waals surface area contributed by atoms with E-state index in [-0.39, 0.29) is 5.82 Å². The zero-order chi connectivity index (χ0) is 19.3. The summed E-state index contributed by atoms with van der Waals surface area (Å²) in [6.07, 6.45) is 1.85. The van der Waals surface area contributed by atoms with E-state index in [0.717, 1.165) is 44.3 Å². The lowest BCUT2D eigenvalue weighted by Gasteiger charge is -2.06. The second-order valence-electron chi connectivity index (χ2n) is 6.78. The Balaban J connectivity index is 1.90. The summed E-state index contributed by atoms with van der Waals surface area (Å²) in [7, 11) is 0. The molecule has 0 spiro atoms. The number of hydrogen-bond acceptors (Lipinski definition) is 2. The molecule has 0 atom stereocenters. The molecule has 0 N–H and O–H groups in total. The second kappa shape index (κ2) is 6.43. The molecule has 3 nitrogen and oxygen atoms in total. The standard InChI is InChI=1S/C23H15ClFN3/c1-14-2-11-21-19(12-14)23-20(13-26-21)22(15-3-5-16(24)6-4-15)27-28(23)18-9-7-17(25)8-10-18/h2-13H,1H3. The topological polar surface area (TPSA) is 30.7 Å². The van der Waals surface area contributed by atoms with Gasteiger partial charge in [-0.1, -0.05) is 35.4 Å². The molecule has 0 amide bonds. The molecule has 0 saturated heterocycles. The molecule has 0 aliphatic carbocycles. The predicted octanol–water partition coefficient (Wildman–Crippen LogP) is 6.34. The molecule has 136 valence electrons. The number of halogens is 2. The van der Waals surface area contributed by atoms with Crippen LogP contribution in [0.5, 0.6) is 0 Å². The van der Waals surface area contributed by atoms with Gasteiger partial charge in [0.25, 0.3) is 0 Å². The Kier molecular flexibility index (Phi) is 3.88. The van der Waals surface area contributed by atoms with Gasteiger partial charge in [0.15, 0.2) is 0 Å². The van der Waals surface area contributed by atoms with Crippen LogP contribution >= 0.6 is 11.6 Å². The summed E-state index contributed by atoms with van der Waals surface area (Å²) >= 11 is 6.06. The molecule has 0 fully saturated rings. The Labute approximate surface area is 166 Å². The summed E-state index contributed by atoms with van der Waals surface area (Å²) in [5.74, 6) is -0.277. The molecule has 0 aliphatic rings. The highest BCUT2D eigenvalue weighted by Crippen LogP contribution is 2.34. The van der Waals surface area contributed by atoms with E-state index < -0.39 is 0 Å². The van der Waals surface area contributed by atoms with E-state index >= 15 is 0 Å². The van der Waals surface area contributed by atoms with Crippen LogP contribution in [0.1, 0.15) is 5.56 Å². The minimum absolute atomic E-state index is 0.277. The number of fused-ring (bicyclic) bond motifs is 3. The fraction of sp³-hybridized carbons (Fsp3) is 0.0435. The molecule has 0 radical (unpaired) electrons. The third kappa shape index (κ3) is 2.74. The van der Waals surface area contributed by atoms with Crippen molar-refractivity contribution in [2.45, 2.75) is 6.92 Å². The largest absolute Gasteiger partial charge is 0.255 e. The van der Waals surface area contributed by atoms with Gasteiger partial charge in [0.1, 0.15) is 11.5 Å². The van der Waals surface area contributed by atoms with Crippen molar-refractivity contribution in [2.75, 3.05) is 0 Å². The van der Waals surface area contributed by atoms with Crippen LogP contribution in [0.2, 0.25) is 5.02 Å². The van der Waals surface area contributed by atoms with Crippen LogP contribution in [-0.4, -0.2) is 14.8 Å². The lowest BCUT2D eigenvalue weighted by molar-refractivity contribution is 0.627. The summed E-state index contributed by atoms with van der Waals surface area (Å²) in [6, 6.07) is 20.1. The van der Waals surface area contributed by atoms with E-state index in [4.69, 9.17) is 16.7 Å². The van der Waals surface area contributed by atoms with Gasteiger partial charge in [-0.25, -0.2) is 9.07 Å². The fourth-order valence-corrected chi connectivity index (χ4v) is 3.61. The zero-order valence-corrected chi connectivity index (χ0v) is 15.8. The second-order valence-corrected chi connectivity index (χ2v) is 7.22. The molecule has 28 heavy (non-hydrogen) atoms. The predicted molar refractivity (Wildman–Crippen MR) is 112 cm³/mol. The molecule has 0 bridgehead atoms. The first-order valence-electron chi connectivity index (χ1n) is 8.90. The van der Waals surface area contributed by atoms with Crippen molar-refractivity contribution in [1.29, 1.82) is 0 Å². The summed E-state index contributed by atoms with van der Waals surface area (Å²) in [5.41, 5.74) is 5.53. The number of rotatable bonds is 2. The number of pyridine rings is 1. The van der Waals surface area contributed by atoms with E-state index in [9.17, 15) is 4.39 Å². The summed E-state index contributed by atoms with van der Waals surface area (Å²) < 4.78 is 15.3. The number of hydrogen-bond donors (Lipinski definition) is 0. The Bertz CT molecular complexity index is 1320. The van der Waals surface area contributed by atoms with E-state index in [1.54, 1.807) is 12.1 Å². The molecule has 5 heteroatoms.